The van der Waals surface area contributed by atoms with Gasteiger partial charge in [0.1, 0.15) is 0 Å². The monoisotopic (exact) mass is 197 g/mol. The average Bonchev–Trinajstić information content (AvgIpc) is 1.84. The molecule has 0 heterocycles. The molecule has 0 rings (SSSR count). The minimum atomic E-state index is -4.27. The van der Waals surface area contributed by atoms with Crippen molar-refractivity contribution in [3.05, 3.63) is 0 Å². The fourth-order valence-corrected chi connectivity index (χ4v) is 1.13. The summed E-state index contributed by atoms with van der Waals surface area (Å²) in [5.41, 5.74) is 0. The number of nitrogens with zero attached hydrogens (tertiary/aromatic N) is 1. The van der Waals surface area contributed by atoms with Gasteiger partial charge in [-0.25, -0.2) is 4.57 Å². The van der Waals surface area contributed by atoms with E-state index in [1.54, 1.807) is 0 Å². The Bertz CT molecular complexity index is 158. The second kappa shape index (κ2) is 5.67. The van der Waals surface area contributed by atoms with Crippen molar-refractivity contribution in [1.82, 2.24) is 4.90 Å². The Labute approximate surface area is 72.6 Å². The van der Waals surface area contributed by atoms with Crippen LogP contribution in [0, 0.1) is 0 Å². The number of rotatable bonds is 6. The lowest BCUT2D eigenvalue weighted by atomic mass is 10.4. The zero-order valence-corrected chi connectivity index (χ0v) is 8.33. The van der Waals surface area contributed by atoms with Gasteiger partial charge in [-0.2, -0.15) is 0 Å². The highest BCUT2D eigenvalue weighted by Crippen LogP contribution is 2.35. The van der Waals surface area contributed by atoms with Crippen molar-refractivity contribution < 1.29 is 18.9 Å². The third-order valence-electron chi connectivity index (χ3n) is 1.34. The molecular formula is C6H16NO4P. The first kappa shape index (κ1) is 12.1. The van der Waals surface area contributed by atoms with Gasteiger partial charge in [-0.1, -0.05) is 6.92 Å². The zero-order valence-electron chi connectivity index (χ0n) is 7.43. The van der Waals surface area contributed by atoms with Crippen LogP contribution in [0.25, 0.3) is 0 Å². The van der Waals surface area contributed by atoms with E-state index in [0.717, 1.165) is 13.0 Å². The molecule has 12 heavy (non-hydrogen) atoms. The van der Waals surface area contributed by atoms with Crippen LogP contribution in [0.5, 0.6) is 0 Å². The minimum absolute atomic E-state index is 0.0702. The fraction of sp³-hybridized carbons (Fsp3) is 1.00. The largest absolute Gasteiger partial charge is 0.469 e. The molecule has 0 spiro atoms. The van der Waals surface area contributed by atoms with Crippen LogP contribution in [-0.2, 0) is 9.09 Å². The summed E-state index contributed by atoms with van der Waals surface area (Å²) in [4.78, 5) is 18.6. The molecule has 2 N–H and O–H groups in total. The number of hydrogen-bond acceptors (Lipinski definition) is 3. The summed E-state index contributed by atoms with van der Waals surface area (Å²) in [7, 11) is -2.39. The maximum atomic E-state index is 10.2. The average molecular weight is 197 g/mol. The summed E-state index contributed by atoms with van der Waals surface area (Å²) in [5.74, 6) is 0. The van der Waals surface area contributed by atoms with Crippen molar-refractivity contribution in [1.29, 1.82) is 0 Å². The van der Waals surface area contributed by atoms with E-state index < -0.39 is 7.82 Å². The van der Waals surface area contributed by atoms with Gasteiger partial charge in [0, 0.05) is 6.54 Å². The Kier molecular flexibility index (Phi) is 5.70. The lowest BCUT2D eigenvalue weighted by Crippen LogP contribution is -2.23. The zero-order chi connectivity index (χ0) is 9.61. The highest BCUT2D eigenvalue weighted by atomic mass is 31.2. The molecule has 74 valence electrons. The fourth-order valence-electron chi connectivity index (χ4n) is 0.809. The molecule has 0 aliphatic rings. The lowest BCUT2D eigenvalue weighted by molar-refractivity contribution is 0.172. The van der Waals surface area contributed by atoms with Crippen molar-refractivity contribution in [2.75, 3.05) is 26.7 Å². The topological polar surface area (TPSA) is 70.0 Å². The summed E-state index contributed by atoms with van der Waals surface area (Å²) < 4.78 is 14.5. The second-order valence-corrected chi connectivity index (χ2v) is 3.87. The van der Waals surface area contributed by atoms with E-state index in [0.29, 0.717) is 6.54 Å². The van der Waals surface area contributed by atoms with Gasteiger partial charge in [0.05, 0.1) is 6.61 Å². The molecular weight excluding hydrogens is 181 g/mol. The number of hydrogen-bond donors (Lipinski definition) is 2. The Morgan fingerprint density at radius 2 is 2.00 bits per heavy atom. The summed E-state index contributed by atoms with van der Waals surface area (Å²) in [6.07, 6.45) is 1.02. The van der Waals surface area contributed by atoms with E-state index in [9.17, 15) is 4.57 Å². The Balaban J connectivity index is 3.37. The van der Waals surface area contributed by atoms with E-state index in [2.05, 4.69) is 4.52 Å². The van der Waals surface area contributed by atoms with Crippen LogP contribution in [0.15, 0.2) is 0 Å². The Hall–Kier alpha value is 0.0700. The van der Waals surface area contributed by atoms with E-state index in [1.807, 2.05) is 18.9 Å². The predicted molar refractivity (Wildman–Crippen MR) is 45.8 cm³/mol. The molecule has 0 saturated carbocycles. The molecule has 0 aromatic carbocycles. The number of phosphoric ester groups is 1. The van der Waals surface area contributed by atoms with E-state index in [1.165, 1.54) is 0 Å². The standard InChI is InChI=1S/C6H16NO4P/c1-3-4-7(2)5-6-11-12(8,9)10/h3-6H2,1-2H3,(H2,8,9,10). The normalized spacial score (nSPS) is 12.4. The van der Waals surface area contributed by atoms with Gasteiger partial charge >= 0.3 is 7.82 Å². The molecule has 5 nitrogen and oxygen atoms in total. The molecule has 0 aromatic heterocycles. The quantitative estimate of drug-likeness (QED) is 0.604. The maximum Gasteiger partial charge on any atom is 0.469 e. The van der Waals surface area contributed by atoms with Gasteiger partial charge < -0.3 is 14.7 Å². The minimum Gasteiger partial charge on any atom is -0.304 e. The maximum absolute atomic E-state index is 10.2. The van der Waals surface area contributed by atoms with E-state index in [4.69, 9.17) is 9.79 Å². The molecule has 0 bridgehead atoms. The highest BCUT2D eigenvalue weighted by Gasteiger charge is 2.12. The summed E-state index contributed by atoms with van der Waals surface area (Å²) in [5, 5.41) is 0. The molecule has 0 radical (unpaired) electrons. The van der Waals surface area contributed by atoms with Crippen molar-refractivity contribution in [3.8, 4) is 0 Å². The molecule has 0 saturated heterocycles. The van der Waals surface area contributed by atoms with Crippen LogP contribution in [-0.4, -0.2) is 41.4 Å². The number of phosphoric acid groups is 1. The summed E-state index contributed by atoms with van der Waals surface area (Å²) >= 11 is 0. The lowest BCUT2D eigenvalue weighted by Gasteiger charge is -2.15. The van der Waals surface area contributed by atoms with Gasteiger partial charge in [-0.3, -0.25) is 4.52 Å². The van der Waals surface area contributed by atoms with Gasteiger partial charge in [-0.15, -0.1) is 0 Å². The van der Waals surface area contributed by atoms with Crippen molar-refractivity contribution in [3.63, 3.8) is 0 Å². The third-order valence-corrected chi connectivity index (χ3v) is 1.86. The van der Waals surface area contributed by atoms with Crippen molar-refractivity contribution in [2.24, 2.45) is 0 Å². The van der Waals surface area contributed by atoms with Crippen LogP contribution in [0.4, 0.5) is 0 Å². The predicted octanol–water partition coefficient (Wildman–Crippen LogP) is 0.438. The SMILES string of the molecule is CCCN(C)CCOP(=O)(O)O. The van der Waals surface area contributed by atoms with Crippen LogP contribution in [0.2, 0.25) is 0 Å². The number of likely N-dealkylation sites (N-methyl/N-ethyl adjacent to an activating group) is 1. The van der Waals surface area contributed by atoms with E-state index >= 15 is 0 Å². The van der Waals surface area contributed by atoms with Gasteiger partial charge in [0.25, 0.3) is 0 Å². The smallest absolute Gasteiger partial charge is 0.304 e. The molecule has 0 atom stereocenters. The molecule has 0 unspecified atom stereocenters. The first-order valence-electron chi connectivity index (χ1n) is 3.84. The van der Waals surface area contributed by atoms with Crippen molar-refractivity contribution in [2.45, 2.75) is 13.3 Å². The third kappa shape index (κ3) is 8.17. The van der Waals surface area contributed by atoms with E-state index in [-0.39, 0.29) is 6.61 Å². The van der Waals surface area contributed by atoms with Crippen LogP contribution < -0.4 is 0 Å². The van der Waals surface area contributed by atoms with Crippen LogP contribution in [0.1, 0.15) is 13.3 Å². The van der Waals surface area contributed by atoms with Gasteiger partial charge in [0.2, 0.25) is 0 Å². The van der Waals surface area contributed by atoms with Crippen LogP contribution >= 0.6 is 7.82 Å². The first-order valence-corrected chi connectivity index (χ1v) is 5.37. The Morgan fingerprint density at radius 3 is 2.42 bits per heavy atom. The molecule has 0 amide bonds. The molecule has 0 aliphatic heterocycles. The molecule has 6 heteroatoms. The van der Waals surface area contributed by atoms with Gasteiger partial charge in [0.15, 0.2) is 0 Å². The summed E-state index contributed by atoms with van der Waals surface area (Å²) in [6.45, 7) is 3.56. The Morgan fingerprint density at radius 1 is 1.42 bits per heavy atom. The van der Waals surface area contributed by atoms with Crippen LogP contribution in [0.3, 0.4) is 0 Å². The molecule has 0 aliphatic carbocycles. The molecule has 0 fully saturated rings. The summed E-state index contributed by atoms with van der Waals surface area (Å²) in [6, 6.07) is 0. The van der Waals surface area contributed by atoms with Crippen molar-refractivity contribution >= 4 is 7.82 Å². The first-order chi connectivity index (χ1) is 5.45. The second-order valence-electron chi connectivity index (χ2n) is 2.63. The highest BCUT2D eigenvalue weighted by molar-refractivity contribution is 7.46. The molecule has 0 aromatic rings. The van der Waals surface area contributed by atoms with Gasteiger partial charge in [-0.05, 0) is 20.0 Å².